The van der Waals surface area contributed by atoms with Crippen LogP contribution in [0.4, 0.5) is 0 Å². The van der Waals surface area contributed by atoms with Crippen LogP contribution in [0.5, 0.6) is 5.75 Å². The van der Waals surface area contributed by atoms with Crippen molar-refractivity contribution >= 4 is 28.5 Å². The maximum atomic E-state index is 11.3. The fraction of sp³-hybridized carbons (Fsp3) is 0.188. The minimum Gasteiger partial charge on any atom is -0.505 e. The van der Waals surface area contributed by atoms with Crippen molar-refractivity contribution in [3.05, 3.63) is 46.5 Å². The van der Waals surface area contributed by atoms with Crippen molar-refractivity contribution in [3.63, 3.8) is 0 Å². The normalized spacial score (nSPS) is 11.0. The van der Waals surface area contributed by atoms with Gasteiger partial charge in [-0.25, -0.2) is 5.84 Å². The standard InChI is InChI=1S/C16H16ClN5O2/c1-9-6-10(2-5-15(23)19-18)7-14(16(9)24)22-20-12-4-3-11(17)8-13(12)21-22/h3-4,6-8,24H,2,5,18H2,1H3,(H,19,23). The third kappa shape index (κ3) is 3.17. The van der Waals surface area contributed by atoms with E-state index in [1.54, 1.807) is 31.2 Å². The fourth-order valence-corrected chi connectivity index (χ4v) is 2.62. The molecule has 0 saturated carbocycles. The van der Waals surface area contributed by atoms with Gasteiger partial charge in [-0.15, -0.1) is 15.0 Å². The third-order valence-corrected chi connectivity index (χ3v) is 3.93. The number of hydrogen-bond acceptors (Lipinski definition) is 5. The lowest BCUT2D eigenvalue weighted by molar-refractivity contribution is -0.121. The van der Waals surface area contributed by atoms with Crippen molar-refractivity contribution in [3.8, 4) is 11.4 Å². The summed E-state index contributed by atoms with van der Waals surface area (Å²) in [5, 5.41) is 19.6. The van der Waals surface area contributed by atoms with Gasteiger partial charge in [0.15, 0.2) is 0 Å². The number of hydrazine groups is 1. The summed E-state index contributed by atoms with van der Waals surface area (Å²) in [6.07, 6.45) is 0.744. The zero-order valence-electron chi connectivity index (χ0n) is 13.0. The Bertz CT molecular complexity index is 922. The van der Waals surface area contributed by atoms with Gasteiger partial charge in [-0.1, -0.05) is 17.7 Å². The van der Waals surface area contributed by atoms with Gasteiger partial charge >= 0.3 is 0 Å². The lowest BCUT2D eigenvalue weighted by Gasteiger charge is -2.10. The van der Waals surface area contributed by atoms with Crippen LogP contribution in [0, 0.1) is 6.92 Å². The number of benzene rings is 2. The second-order valence-corrected chi connectivity index (χ2v) is 5.91. The van der Waals surface area contributed by atoms with E-state index in [1.165, 1.54) is 4.80 Å². The summed E-state index contributed by atoms with van der Waals surface area (Å²) in [5.74, 6) is 4.93. The molecule has 0 aliphatic carbocycles. The van der Waals surface area contributed by atoms with Crippen LogP contribution in [0.15, 0.2) is 30.3 Å². The molecule has 24 heavy (non-hydrogen) atoms. The van der Waals surface area contributed by atoms with Crippen molar-refractivity contribution in [2.45, 2.75) is 19.8 Å². The molecule has 1 heterocycles. The number of nitrogens with two attached hydrogens (primary N) is 1. The number of aromatic nitrogens is 3. The van der Waals surface area contributed by atoms with Gasteiger partial charge in [-0.2, -0.15) is 0 Å². The highest BCUT2D eigenvalue weighted by Crippen LogP contribution is 2.28. The van der Waals surface area contributed by atoms with Crippen LogP contribution in [-0.4, -0.2) is 26.0 Å². The van der Waals surface area contributed by atoms with Gasteiger partial charge in [-0.05, 0) is 48.7 Å². The molecule has 0 unspecified atom stereocenters. The van der Waals surface area contributed by atoms with Crippen LogP contribution < -0.4 is 11.3 Å². The lowest BCUT2D eigenvalue weighted by atomic mass is 10.0. The molecular weight excluding hydrogens is 330 g/mol. The first-order chi connectivity index (χ1) is 11.5. The van der Waals surface area contributed by atoms with Crippen molar-refractivity contribution in [2.24, 2.45) is 5.84 Å². The van der Waals surface area contributed by atoms with Crippen molar-refractivity contribution < 1.29 is 9.90 Å². The Balaban J connectivity index is 2.01. The topological polar surface area (TPSA) is 106 Å². The predicted molar refractivity (Wildman–Crippen MR) is 90.9 cm³/mol. The second-order valence-electron chi connectivity index (χ2n) is 5.47. The largest absolute Gasteiger partial charge is 0.505 e. The fourth-order valence-electron chi connectivity index (χ4n) is 2.46. The van der Waals surface area contributed by atoms with E-state index in [2.05, 4.69) is 15.6 Å². The number of hydrogen-bond donors (Lipinski definition) is 3. The number of nitrogens with zero attached hydrogens (tertiary/aromatic N) is 3. The first-order valence-electron chi connectivity index (χ1n) is 7.33. The molecule has 1 amide bonds. The third-order valence-electron chi connectivity index (χ3n) is 3.70. The summed E-state index contributed by atoms with van der Waals surface area (Å²) in [6, 6.07) is 8.78. The van der Waals surface area contributed by atoms with Gasteiger partial charge in [-0.3, -0.25) is 10.2 Å². The van der Waals surface area contributed by atoms with E-state index < -0.39 is 0 Å². The Hall–Kier alpha value is -2.64. The van der Waals surface area contributed by atoms with Crippen LogP contribution in [0.2, 0.25) is 5.02 Å². The first-order valence-corrected chi connectivity index (χ1v) is 7.70. The first kappa shape index (κ1) is 16.2. The Morgan fingerprint density at radius 1 is 1.29 bits per heavy atom. The molecule has 1 aromatic heterocycles. The number of fused-ring (bicyclic) bond motifs is 1. The molecule has 0 atom stereocenters. The summed E-state index contributed by atoms with van der Waals surface area (Å²) >= 11 is 5.97. The molecule has 0 aliphatic heterocycles. The average molecular weight is 346 g/mol. The number of carbonyl (C=O) groups is 1. The number of phenolic OH excluding ortho intramolecular Hbond substituents is 1. The molecule has 0 fully saturated rings. The molecule has 4 N–H and O–H groups in total. The molecule has 0 spiro atoms. The Kier molecular flexibility index (Phi) is 4.37. The summed E-state index contributed by atoms with van der Waals surface area (Å²) in [4.78, 5) is 12.7. The van der Waals surface area contributed by atoms with Gasteiger partial charge in [0.25, 0.3) is 0 Å². The van der Waals surface area contributed by atoms with Gasteiger partial charge in [0.05, 0.1) is 0 Å². The molecule has 3 aromatic rings. The van der Waals surface area contributed by atoms with Crippen LogP contribution in [0.25, 0.3) is 16.7 Å². The van der Waals surface area contributed by atoms with Crippen molar-refractivity contribution in [1.82, 2.24) is 20.4 Å². The van der Waals surface area contributed by atoms with E-state index in [0.717, 1.165) is 5.56 Å². The van der Waals surface area contributed by atoms with Crippen molar-refractivity contribution in [1.29, 1.82) is 0 Å². The van der Waals surface area contributed by atoms with E-state index in [-0.39, 0.29) is 18.1 Å². The minimum atomic E-state index is -0.250. The molecular formula is C16H16ClN5O2. The summed E-state index contributed by atoms with van der Waals surface area (Å²) in [6.45, 7) is 1.78. The number of carbonyl (C=O) groups excluding carboxylic acids is 1. The van der Waals surface area contributed by atoms with Gasteiger partial charge < -0.3 is 5.11 Å². The van der Waals surface area contributed by atoms with Crippen LogP contribution in [0.3, 0.4) is 0 Å². The zero-order chi connectivity index (χ0) is 17.3. The molecule has 0 aliphatic rings. The second kappa shape index (κ2) is 6.46. The zero-order valence-corrected chi connectivity index (χ0v) is 13.7. The highest BCUT2D eigenvalue weighted by atomic mass is 35.5. The quantitative estimate of drug-likeness (QED) is 0.381. The van der Waals surface area contributed by atoms with Crippen LogP contribution in [0.1, 0.15) is 17.5 Å². The Labute approximate surface area is 143 Å². The number of aryl methyl sites for hydroxylation is 2. The van der Waals surface area contributed by atoms with E-state index in [0.29, 0.717) is 33.7 Å². The Morgan fingerprint density at radius 2 is 2.04 bits per heavy atom. The molecule has 124 valence electrons. The molecule has 0 saturated heterocycles. The minimum absolute atomic E-state index is 0.0911. The van der Waals surface area contributed by atoms with Crippen LogP contribution >= 0.6 is 11.6 Å². The van der Waals surface area contributed by atoms with Crippen LogP contribution in [-0.2, 0) is 11.2 Å². The summed E-state index contributed by atoms with van der Waals surface area (Å²) < 4.78 is 0. The molecule has 0 bridgehead atoms. The van der Waals surface area contributed by atoms with Gasteiger partial charge in [0.1, 0.15) is 22.5 Å². The average Bonchev–Trinajstić information content (AvgIpc) is 2.98. The molecule has 0 radical (unpaired) electrons. The Morgan fingerprint density at radius 3 is 2.79 bits per heavy atom. The van der Waals surface area contributed by atoms with Crippen molar-refractivity contribution in [2.75, 3.05) is 0 Å². The van der Waals surface area contributed by atoms with E-state index >= 15 is 0 Å². The summed E-state index contributed by atoms with van der Waals surface area (Å²) in [7, 11) is 0. The molecule has 3 rings (SSSR count). The van der Waals surface area contributed by atoms with E-state index in [4.69, 9.17) is 17.4 Å². The SMILES string of the molecule is Cc1cc(CCC(=O)NN)cc(-n2nc3ccc(Cl)cc3n2)c1O. The van der Waals surface area contributed by atoms with Gasteiger partial charge in [0, 0.05) is 11.4 Å². The molecule has 7 nitrogen and oxygen atoms in total. The monoisotopic (exact) mass is 345 g/mol. The molecule has 2 aromatic carbocycles. The highest BCUT2D eigenvalue weighted by Gasteiger charge is 2.13. The van der Waals surface area contributed by atoms with Gasteiger partial charge in [0.2, 0.25) is 5.91 Å². The molecule has 8 heteroatoms. The maximum Gasteiger partial charge on any atom is 0.234 e. The number of rotatable bonds is 4. The predicted octanol–water partition coefficient (Wildman–Crippen LogP) is 2.01. The van der Waals surface area contributed by atoms with E-state index in [9.17, 15) is 9.90 Å². The number of phenols is 1. The lowest BCUT2D eigenvalue weighted by Crippen LogP contribution is -2.30. The van der Waals surface area contributed by atoms with E-state index in [1.807, 2.05) is 6.07 Å². The highest BCUT2D eigenvalue weighted by molar-refractivity contribution is 6.31. The number of nitrogens with one attached hydrogen (secondary N) is 1. The smallest absolute Gasteiger partial charge is 0.234 e. The summed E-state index contributed by atoms with van der Waals surface area (Å²) in [5.41, 5.74) is 5.41. The number of amides is 1. The maximum absolute atomic E-state index is 11.3. The number of halogens is 1. The number of aromatic hydroxyl groups is 1.